The third-order valence-electron chi connectivity index (χ3n) is 3.16. The zero-order chi connectivity index (χ0) is 13.8. The lowest BCUT2D eigenvalue weighted by Gasteiger charge is -2.16. The van der Waals surface area contributed by atoms with Crippen LogP contribution in [0.1, 0.15) is 16.9 Å². The first-order valence-corrected chi connectivity index (χ1v) is 6.04. The van der Waals surface area contributed by atoms with E-state index in [0.717, 1.165) is 13.0 Å². The van der Waals surface area contributed by atoms with Crippen molar-refractivity contribution in [3.05, 3.63) is 17.8 Å². The van der Waals surface area contributed by atoms with Crippen LogP contribution in [0, 0.1) is 5.92 Å². The number of amides is 1. The minimum atomic E-state index is -0.270. The number of aromatic nitrogens is 2. The molecule has 0 aromatic carbocycles. The molecule has 7 heteroatoms. The molecule has 1 fully saturated rings. The topological polar surface area (TPSA) is 84.4 Å². The molecule has 7 nitrogen and oxygen atoms in total. The lowest BCUT2D eigenvalue weighted by atomic mass is 10.1. The van der Waals surface area contributed by atoms with Crippen LogP contribution in [-0.4, -0.2) is 49.3 Å². The van der Waals surface area contributed by atoms with Crippen LogP contribution >= 0.6 is 0 Å². The smallest absolute Gasteiger partial charge is 0.310 e. The standard InChI is InChI=1S/C12H16N4O3/c1-13-11(17)9-3-4-10(15-14-9)16-6-5-8(7-16)12(18)19-2/h3-4,8H,5-7H2,1-2H3,(H,13,17). The molecule has 1 aromatic rings. The van der Waals surface area contributed by atoms with Crippen LogP contribution in [0.3, 0.4) is 0 Å². The van der Waals surface area contributed by atoms with Crippen molar-refractivity contribution in [2.45, 2.75) is 6.42 Å². The Kier molecular flexibility index (Phi) is 3.94. The fourth-order valence-electron chi connectivity index (χ4n) is 2.07. The summed E-state index contributed by atoms with van der Waals surface area (Å²) in [7, 11) is 2.93. The van der Waals surface area contributed by atoms with Crippen molar-refractivity contribution >= 4 is 17.7 Å². The Bertz CT molecular complexity index is 474. The molecule has 1 unspecified atom stereocenters. The normalized spacial score (nSPS) is 18.2. The van der Waals surface area contributed by atoms with E-state index in [0.29, 0.717) is 12.4 Å². The first-order chi connectivity index (χ1) is 9.15. The van der Waals surface area contributed by atoms with E-state index in [4.69, 9.17) is 4.74 Å². The van der Waals surface area contributed by atoms with E-state index in [1.165, 1.54) is 7.11 Å². The molecular weight excluding hydrogens is 248 g/mol. The molecule has 1 N–H and O–H groups in total. The highest BCUT2D eigenvalue weighted by molar-refractivity contribution is 5.91. The summed E-state index contributed by atoms with van der Waals surface area (Å²) in [6, 6.07) is 3.35. The van der Waals surface area contributed by atoms with Crippen molar-refractivity contribution in [1.82, 2.24) is 15.5 Å². The second-order valence-electron chi connectivity index (χ2n) is 4.31. The number of methoxy groups -OCH3 is 1. The van der Waals surface area contributed by atoms with E-state index in [2.05, 4.69) is 15.5 Å². The zero-order valence-electron chi connectivity index (χ0n) is 10.9. The average Bonchev–Trinajstić information content (AvgIpc) is 2.95. The fourth-order valence-corrected chi connectivity index (χ4v) is 2.07. The van der Waals surface area contributed by atoms with Crippen LogP contribution in [0.15, 0.2) is 12.1 Å². The first-order valence-electron chi connectivity index (χ1n) is 6.04. The average molecular weight is 264 g/mol. The maximum Gasteiger partial charge on any atom is 0.310 e. The van der Waals surface area contributed by atoms with Crippen LogP contribution in [0.25, 0.3) is 0 Å². The van der Waals surface area contributed by atoms with Crippen molar-refractivity contribution in [1.29, 1.82) is 0 Å². The lowest BCUT2D eigenvalue weighted by molar-refractivity contribution is -0.144. The molecule has 0 aliphatic carbocycles. The number of hydrogen-bond donors (Lipinski definition) is 1. The van der Waals surface area contributed by atoms with Crippen LogP contribution in [0.5, 0.6) is 0 Å². The molecule has 0 bridgehead atoms. The summed E-state index contributed by atoms with van der Waals surface area (Å²) in [5.41, 5.74) is 0.273. The van der Waals surface area contributed by atoms with Crippen LogP contribution in [0.4, 0.5) is 5.82 Å². The number of nitrogens with one attached hydrogen (secondary N) is 1. The van der Waals surface area contributed by atoms with Gasteiger partial charge in [0.05, 0.1) is 13.0 Å². The number of carbonyl (C=O) groups is 2. The molecule has 0 saturated carbocycles. The lowest BCUT2D eigenvalue weighted by Crippen LogP contribution is -2.25. The van der Waals surface area contributed by atoms with E-state index in [-0.39, 0.29) is 23.5 Å². The van der Waals surface area contributed by atoms with Gasteiger partial charge in [0.2, 0.25) is 0 Å². The molecule has 2 heterocycles. The van der Waals surface area contributed by atoms with Gasteiger partial charge in [-0.05, 0) is 18.6 Å². The quantitative estimate of drug-likeness (QED) is 0.763. The van der Waals surface area contributed by atoms with Gasteiger partial charge in [0.15, 0.2) is 11.5 Å². The molecule has 0 radical (unpaired) electrons. The monoisotopic (exact) mass is 264 g/mol. The van der Waals surface area contributed by atoms with E-state index in [1.54, 1.807) is 19.2 Å². The number of hydrogen-bond acceptors (Lipinski definition) is 6. The summed E-state index contributed by atoms with van der Waals surface area (Å²) in [6.45, 7) is 1.30. The minimum absolute atomic E-state index is 0.120. The minimum Gasteiger partial charge on any atom is -0.469 e. The van der Waals surface area contributed by atoms with Crippen molar-refractivity contribution in [2.24, 2.45) is 5.92 Å². The van der Waals surface area contributed by atoms with Crippen molar-refractivity contribution in [3.63, 3.8) is 0 Å². The van der Waals surface area contributed by atoms with Gasteiger partial charge in [-0.15, -0.1) is 10.2 Å². The second-order valence-corrected chi connectivity index (χ2v) is 4.31. The van der Waals surface area contributed by atoms with Gasteiger partial charge in [0, 0.05) is 20.1 Å². The predicted molar refractivity (Wildman–Crippen MR) is 67.8 cm³/mol. The number of esters is 1. The fraction of sp³-hybridized carbons (Fsp3) is 0.500. The molecule has 19 heavy (non-hydrogen) atoms. The summed E-state index contributed by atoms with van der Waals surface area (Å²) in [5, 5.41) is 10.4. The Morgan fingerprint density at radius 2 is 2.21 bits per heavy atom. The number of carbonyl (C=O) groups excluding carboxylic acids is 2. The third kappa shape index (κ3) is 2.81. The Morgan fingerprint density at radius 1 is 1.42 bits per heavy atom. The number of ether oxygens (including phenoxy) is 1. The molecule has 1 aliphatic heterocycles. The Labute approximate surface area is 110 Å². The van der Waals surface area contributed by atoms with Gasteiger partial charge in [0.1, 0.15) is 0 Å². The highest BCUT2D eigenvalue weighted by atomic mass is 16.5. The van der Waals surface area contributed by atoms with Crippen molar-refractivity contribution < 1.29 is 14.3 Å². The summed E-state index contributed by atoms with van der Waals surface area (Å²) >= 11 is 0. The van der Waals surface area contributed by atoms with Gasteiger partial charge in [-0.2, -0.15) is 0 Å². The Hall–Kier alpha value is -2.18. The van der Waals surface area contributed by atoms with Gasteiger partial charge >= 0.3 is 5.97 Å². The van der Waals surface area contributed by atoms with Gasteiger partial charge in [-0.3, -0.25) is 9.59 Å². The summed E-state index contributed by atoms with van der Waals surface area (Å²) < 4.78 is 4.73. The molecule has 1 aliphatic rings. The maximum absolute atomic E-state index is 11.4. The largest absolute Gasteiger partial charge is 0.469 e. The molecule has 1 amide bonds. The summed E-state index contributed by atoms with van der Waals surface area (Å²) in [4.78, 5) is 24.7. The molecule has 0 spiro atoms. The van der Waals surface area contributed by atoms with Crippen molar-refractivity contribution in [2.75, 3.05) is 32.1 Å². The first kappa shape index (κ1) is 13.3. The molecule has 102 valence electrons. The number of anilines is 1. The Morgan fingerprint density at radius 3 is 2.79 bits per heavy atom. The van der Waals surface area contributed by atoms with Crippen molar-refractivity contribution in [3.8, 4) is 0 Å². The highest BCUT2D eigenvalue weighted by Crippen LogP contribution is 2.22. The van der Waals surface area contributed by atoms with E-state index in [1.807, 2.05) is 4.90 Å². The highest BCUT2D eigenvalue weighted by Gasteiger charge is 2.29. The molecule has 2 rings (SSSR count). The zero-order valence-corrected chi connectivity index (χ0v) is 10.9. The maximum atomic E-state index is 11.4. The Balaban J connectivity index is 2.04. The molecule has 1 aromatic heterocycles. The van der Waals surface area contributed by atoms with E-state index < -0.39 is 0 Å². The van der Waals surface area contributed by atoms with Crippen LogP contribution in [-0.2, 0) is 9.53 Å². The van der Waals surface area contributed by atoms with Crippen LogP contribution < -0.4 is 10.2 Å². The van der Waals surface area contributed by atoms with Gasteiger partial charge < -0.3 is 15.0 Å². The van der Waals surface area contributed by atoms with E-state index >= 15 is 0 Å². The SMILES string of the molecule is CNC(=O)c1ccc(N2CCC(C(=O)OC)C2)nn1. The van der Waals surface area contributed by atoms with Gasteiger partial charge in [-0.1, -0.05) is 0 Å². The van der Waals surface area contributed by atoms with Crippen LogP contribution in [0.2, 0.25) is 0 Å². The predicted octanol–water partition coefficient (Wildman–Crippen LogP) is -0.164. The molecular formula is C12H16N4O3. The summed E-state index contributed by atoms with van der Waals surface area (Å²) in [5.74, 6) is 0.0785. The molecule has 1 atom stereocenters. The molecule has 1 saturated heterocycles. The summed E-state index contributed by atoms with van der Waals surface area (Å²) in [6.07, 6.45) is 0.742. The number of nitrogens with zero attached hydrogens (tertiary/aromatic N) is 3. The van der Waals surface area contributed by atoms with Gasteiger partial charge in [-0.25, -0.2) is 0 Å². The van der Waals surface area contributed by atoms with E-state index in [9.17, 15) is 9.59 Å². The third-order valence-corrected chi connectivity index (χ3v) is 3.16. The second kappa shape index (κ2) is 5.64. The number of rotatable bonds is 3. The van der Waals surface area contributed by atoms with Gasteiger partial charge in [0.25, 0.3) is 5.91 Å².